The van der Waals surface area contributed by atoms with Crippen molar-refractivity contribution in [2.45, 2.75) is 11.4 Å². The van der Waals surface area contributed by atoms with Crippen molar-refractivity contribution in [2.75, 3.05) is 19.4 Å². The number of rotatable bonds is 5. The van der Waals surface area contributed by atoms with Gasteiger partial charge in [-0.15, -0.1) is 0 Å². The van der Waals surface area contributed by atoms with Crippen LogP contribution in [0.15, 0.2) is 47.4 Å². The molecule has 0 heterocycles. The van der Waals surface area contributed by atoms with Gasteiger partial charge < -0.3 is 10.6 Å². The molecule has 0 aliphatic heterocycles. The Kier molecular flexibility index (Phi) is 5.70. The van der Waals surface area contributed by atoms with Crippen LogP contribution in [0.25, 0.3) is 0 Å². The summed E-state index contributed by atoms with van der Waals surface area (Å²) < 4.78 is 50.9. The molecule has 0 atom stereocenters. The summed E-state index contributed by atoms with van der Waals surface area (Å²) in [6.45, 7) is 0.137. The fourth-order valence-electron chi connectivity index (χ4n) is 1.92. The molecule has 6 nitrogen and oxygen atoms in total. The van der Waals surface area contributed by atoms with E-state index < -0.39 is 27.7 Å². The summed E-state index contributed by atoms with van der Waals surface area (Å²) in [6.07, 6.45) is 0. The normalized spacial score (nSPS) is 11.4. The van der Waals surface area contributed by atoms with Crippen LogP contribution in [0.3, 0.4) is 0 Å². The first-order chi connectivity index (χ1) is 11.7. The number of halogens is 2. The quantitative estimate of drug-likeness (QED) is 0.850. The highest BCUT2D eigenvalue weighted by atomic mass is 32.2. The average molecular weight is 369 g/mol. The number of nitrogens with one attached hydrogen (secondary N) is 2. The van der Waals surface area contributed by atoms with Gasteiger partial charge in [0.25, 0.3) is 0 Å². The van der Waals surface area contributed by atoms with Gasteiger partial charge in [-0.25, -0.2) is 26.3 Å². The predicted octanol–water partition coefficient (Wildman–Crippen LogP) is 2.54. The molecular formula is C16H17F2N3O3S. The molecule has 0 fully saturated rings. The number of benzene rings is 2. The SMILES string of the molecule is CN(C)S(=O)(=O)c1ccc(CNC(=O)Nc2ccc(F)c(F)c2)cc1. The van der Waals surface area contributed by atoms with Crippen LogP contribution in [0.5, 0.6) is 0 Å². The Hall–Kier alpha value is -2.52. The molecule has 0 spiro atoms. The predicted molar refractivity (Wildman–Crippen MR) is 89.5 cm³/mol. The standard InChI is InChI=1S/C16H17F2N3O3S/c1-21(2)25(23,24)13-6-3-11(4-7-13)10-19-16(22)20-12-5-8-14(17)15(18)9-12/h3-9H,10H2,1-2H3,(H2,19,20,22). The number of hydrogen-bond donors (Lipinski definition) is 2. The maximum absolute atomic E-state index is 13.1. The summed E-state index contributed by atoms with van der Waals surface area (Å²) in [5, 5.41) is 4.91. The van der Waals surface area contributed by atoms with Gasteiger partial charge in [0.2, 0.25) is 10.0 Å². The zero-order chi connectivity index (χ0) is 18.6. The van der Waals surface area contributed by atoms with Gasteiger partial charge in [0, 0.05) is 32.4 Å². The van der Waals surface area contributed by atoms with Gasteiger partial charge in [0.15, 0.2) is 11.6 Å². The minimum Gasteiger partial charge on any atom is -0.334 e. The number of anilines is 1. The van der Waals surface area contributed by atoms with Gasteiger partial charge in [0.1, 0.15) is 0 Å². The van der Waals surface area contributed by atoms with Gasteiger partial charge >= 0.3 is 6.03 Å². The van der Waals surface area contributed by atoms with E-state index in [4.69, 9.17) is 0 Å². The smallest absolute Gasteiger partial charge is 0.319 e. The molecule has 2 aromatic carbocycles. The number of amides is 2. The molecule has 0 saturated heterocycles. The van der Waals surface area contributed by atoms with Crippen LogP contribution >= 0.6 is 0 Å². The van der Waals surface area contributed by atoms with Crippen molar-refractivity contribution < 1.29 is 22.0 Å². The van der Waals surface area contributed by atoms with E-state index in [2.05, 4.69) is 10.6 Å². The average Bonchev–Trinajstić information content (AvgIpc) is 2.56. The van der Waals surface area contributed by atoms with E-state index in [1.807, 2.05) is 0 Å². The lowest BCUT2D eigenvalue weighted by molar-refractivity contribution is 0.251. The molecule has 0 aliphatic carbocycles. The minimum absolute atomic E-state index is 0.115. The molecule has 25 heavy (non-hydrogen) atoms. The topological polar surface area (TPSA) is 78.5 Å². The third-order valence-corrected chi connectivity index (χ3v) is 5.16. The van der Waals surface area contributed by atoms with Crippen molar-refractivity contribution >= 4 is 21.7 Å². The highest BCUT2D eigenvalue weighted by molar-refractivity contribution is 7.89. The summed E-state index contributed by atoms with van der Waals surface area (Å²) in [7, 11) is -0.630. The third-order valence-electron chi connectivity index (χ3n) is 3.33. The molecule has 0 aromatic heterocycles. The van der Waals surface area contributed by atoms with Crippen molar-refractivity contribution in [2.24, 2.45) is 0 Å². The number of carbonyl (C=O) groups is 1. The second-order valence-corrected chi connectivity index (χ2v) is 7.52. The Bertz CT molecular complexity index is 869. The van der Waals surface area contributed by atoms with Crippen LogP contribution in [0.4, 0.5) is 19.3 Å². The largest absolute Gasteiger partial charge is 0.334 e. The summed E-state index contributed by atoms with van der Waals surface area (Å²) in [4.78, 5) is 11.9. The monoisotopic (exact) mass is 369 g/mol. The van der Waals surface area contributed by atoms with Crippen molar-refractivity contribution in [3.05, 3.63) is 59.7 Å². The van der Waals surface area contributed by atoms with Crippen molar-refractivity contribution in [1.29, 1.82) is 0 Å². The first-order valence-corrected chi connectivity index (χ1v) is 8.65. The molecule has 0 aliphatic rings. The van der Waals surface area contributed by atoms with Crippen molar-refractivity contribution in [3.8, 4) is 0 Å². The maximum Gasteiger partial charge on any atom is 0.319 e. The lowest BCUT2D eigenvalue weighted by atomic mass is 10.2. The van der Waals surface area contributed by atoms with E-state index in [0.29, 0.717) is 5.56 Å². The van der Waals surface area contributed by atoms with Crippen LogP contribution < -0.4 is 10.6 Å². The zero-order valence-electron chi connectivity index (χ0n) is 13.6. The molecule has 9 heteroatoms. The molecule has 2 aromatic rings. The second kappa shape index (κ2) is 7.58. The Morgan fingerprint density at radius 1 is 1.04 bits per heavy atom. The molecule has 2 rings (SSSR count). The van der Waals surface area contributed by atoms with Crippen LogP contribution in [-0.2, 0) is 16.6 Å². The summed E-state index contributed by atoms with van der Waals surface area (Å²) in [6, 6.07) is 8.46. The Morgan fingerprint density at radius 2 is 1.68 bits per heavy atom. The third kappa shape index (κ3) is 4.74. The number of nitrogens with zero attached hydrogens (tertiary/aromatic N) is 1. The van der Waals surface area contributed by atoms with Crippen LogP contribution in [0, 0.1) is 11.6 Å². The molecule has 0 saturated carbocycles. The lowest BCUT2D eigenvalue weighted by Gasteiger charge is -2.12. The Balaban J connectivity index is 1.94. The zero-order valence-corrected chi connectivity index (χ0v) is 14.4. The van der Waals surface area contributed by atoms with Crippen molar-refractivity contribution in [3.63, 3.8) is 0 Å². The summed E-state index contributed by atoms with van der Waals surface area (Å²) in [5.41, 5.74) is 0.793. The van der Waals surface area contributed by atoms with E-state index in [1.54, 1.807) is 12.1 Å². The van der Waals surface area contributed by atoms with E-state index in [-0.39, 0.29) is 17.1 Å². The van der Waals surface area contributed by atoms with Crippen LogP contribution in [0.1, 0.15) is 5.56 Å². The highest BCUT2D eigenvalue weighted by Gasteiger charge is 2.16. The summed E-state index contributed by atoms with van der Waals surface area (Å²) >= 11 is 0. The van der Waals surface area contributed by atoms with Gasteiger partial charge in [-0.05, 0) is 29.8 Å². The molecule has 0 unspecified atom stereocenters. The fraction of sp³-hybridized carbons (Fsp3) is 0.188. The van der Waals surface area contributed by atoms with Gasteiger partial charge in [-0.2, -0.15) is 0 Å². The Labute approximate surface area is 144 Å². The minimum atomic E-state index is -3.51. The number of urea groups is 1. The number of sulfonamides is 1. The first kappa shape index (κ1) is 18.8. The summed E-state index contributed by atoms with van der Waals surface area (Å²) in [5.74, 6) is -2.06. The van der Waals surface area contributed by atoms with Gasteiger partial charge in [-0.3, -0.25) is 0 Å². The van der Waals surface area contributed by atoms with Gasteiger partial charge in [0.05, 0.1) is 4.90 Å². The van der Waals surface area contributed by atoms with Crippen molar-refractivity contribution in [1.82, 2.24) is 9.62 Å². The molecule has 134 valence electrons. The number of hydrogen-bond acceptors (Lipinski definition) is 3. The first-order valence-electron chi connectivity index (χ1n) is 7.21. The highest BCUT2D eigenvalue weighted by Crippen LogP contribution is 2.15. The van der Waals surface area contributed by atoms with E-state index in [1.165, 1.54) is 32.3 Å². The van der Waals surface area contributed by atoms with Crippen LogP contribution in [0.2, 0.25) is 0 Å². The van der Waals surface area contributed by atoms with Gasteiger partial charge in [-0.1, -0.05) is 12.1 Å². The molecule has 2 amide bonds. The van der Waals surface area contributed by atoms with E-state index >= 15 is 0 Å². The molecule has 0 radical (unpaired) electrons. The Morgan fingerprint density at radius 3 is 2.24 bits per heavy atom. The molecular weight excluding hydrogens is 352 g/mol. The van der Waals surface area contributed by atoms with E-state index in [9.17, 15) is 22.0 Å². The number of carbonyl (C=O) groups excluding carboxylic acids is 1. The molecule has 0 bridgehead atoms. The lowest BCUT2D eigenvalue weighted by Crippen LogP contribution is -2.28. The molecule has 2 N–H and O–H groups in total. The van der Waals surface area contributed by atoms with E-state index in [0.717, 1.165) is 16.4 Å². The van der Waals surface area contributed by atoms with Crippen LogP contribution in [-0.4, -0.2) is 32.8 Å². The maximum atomic E-state index is 13.1. The fourth-order valence-corrected chi connectivity index (χ4v) is 2.82. The second-order valence-electron chi connectivity index (χ2n) is 5.37.